The Kier molecular flexibility index (Phi) is 16.8. The van der Waals surface area contributed by atoms with E-state index >= 15 is 0 Å². The van der Waals surface area contributed by atoms with Gasteiger partial charge in [0.25, 0.3) is 15.8 Å². The monoisotopic (exact) mass is 501 g/mol. The number of aliphatic hydroxyl groups is 1. The van der Waals surface area contributed by atoms with Gasteiger partial charge in [-0.25, -0.2) is 0 Å². The number of rotatable bonds is 22. The number of benzene rings is 1. The van der Waals surface area contributed by atoms with Crippen LogP contribution in [0.15, 0.2) is 29.2 Å². The normalized spacial score (nSPS) is 12.6. The molecule has 0 radical (unpaired) electrons. The Labute approximate surface area is 205 Å². The van der Waals surface area contributed by atoms with Gasteiger partial charge >= 0.3 is 0 Å². The van der Waals surface area contributed by atoms with Gasteiger partial charge in [0.1, 0.15) is 11.0 Å². The number of hydrogen-bond donors (Lipinski definition) is 1. The van der Waals surface area contributed by atoms with Crippen molar-refractivity contribution in [1.29, 1.82) is 0 Å². The molecule has 1 N–H and O–H groups in total. The fraction of sp³-hybridized carbons (Fsp3) is 0.760. The summed E-state index contributed by atoms with van der Waals surface area (Å²) in [6, 6.07) is 4.60. The maximum Gasteiger partial charge on any atom is 0.297 e. The molecule has 0 aromatic heterocycles. The van der Waals surface area contributed by atoms with Crippen molar-refractivity contribution in [3.63, 3.8) is 0 Å². The average molecular weight is 502 g/mol. The summed E-state index contributed by atoms with van der Waals surface area (Å²) in [6.07, 6.45) is 16.8. The van der Waals surface area contributed by atoms with Crippen molar-refractivity contribution >= 4 is 15.8 Å². The van der Waals surface area contributed by atoms with Crippen LogP contribution in [0.5, 0.6) is 0 Å². The zero-order chi connectivity index (χ0) is 25.1. The van der Waals surface area contributed by atoms with Gasteiger partial charge in [0, 0.05) is 18.7 Å². The molecule has 0 saturated carbocycles. The highest BCUT2D eigenvalue weighted by molar-refractivity contribution is 7.86. The molecular weight excluding hydrogens is 458 g/mol. The Balaban J connectivity index is 1.98. The molecule has 0 aliphatic heterocycles. The number of ether oxygens (including phenoxy) is 1. The minimum absolute atomic E-state index is 0.0249. The molecule has 1 aromatic rings. The van der Waals surface area contributed by atoms with Crippen LogP contribution in [0.4, 0.5) is 5.69 Å². The molecule has 0 aliphatic carbocycles. The van der Waals surface area contributed by atoms with E-state index < -0.39 is 27.8 Å². The van der Waals surface area contributed by atoms with Crippen LogP contribution in [0.3, 0.4) is 0 Å². The van der Waals surface area contributed by atoms with Gasteiger partial charge in [0.2, 0.25) is 0 Å². The summed E-state index contributed by atoms with van der Waals surface area (Å²) in [5.41, 5.74) is -0.346. The van der Waals surface area contributed by atoms with Gasteiger partial charge in [0.15, 0.2) is 0 Å². The lowest BCUT2D eigenvalue weighted by molar-refractivity contribution is -0.385. The number of nitrogens with zero attached hydrogens (tertiary/aromatic N) is 1. The summed E-state index contributed by atoms with van der Waals surface area (Å²) in [7, 11) is -4.19. The highest BCUT2D eigenvalue weighted by Gasteiger charge is 2.20. The second-order valence-electron chi connectivity index (χ2n) is 8.82. The predicted molar refractivity (Wildman–Crippen MR) is 133 cm³/mol. The molecule has 196 valence electrons. The molecule has 9 heteroatoms. The average Bonchev–Trinajstić information content (AvgIpc) is 2.82. The molecule has 34 heavy (non-hydrogen) atoms. The third-order valence-electron chi connectivity index (χ3n) is 5.69. The first-order valence-electron chi connectivity index (χ1n) is 12.8. The van der Waals surface area contributed by atoms with E-state index in [1.807, 2.05) is 0 Å². The third kappa shape index (κ3) is 14.7. The Hall–Kier alpha value is -1.55. The van der Waals surface area contributed by atoms with Gasteiger partial charge in [-0.05, 0) is 12.5 Å². The Morgan fingerprint density at radius 1 is 0.882 bits per heavy atom. The number of nitro groups is 1. The largest absolute Gasteiger partial charge is 0.388 e. The minimum atomic E-state index is -4.19. The number of aliphatic hydroxyl groups excluding tert-OH is 1. The van der Waals surface area contributed by atoms with E-state index in [1.165, 1.54) is 95.2 Å². The molecule has 0 fully saturated rings. The highest BCUT2D eigenvalue weighted by atomic mass is 32.2. The van der Waals surface area contributed by atoms with Crippen LogP contribution >= 0.6 is 0 Å². The Morgan fingerprint density at radius 2 is 1.41 bits per heavy atom. The zero-order valence-electron chi connectivity index (χ0n) is 20.7. The van der Waals surface area contributed by atoms with Crippen LogP contribution in [0.2, 0.25) is 0 Å². The molecule has 0 spiro atoms. The molecule has 1 atom stereocenters. The van der Waals surface area contributed by atoms with E-state index in [0.717, 1.165) is 18.9 Å². The standard InChI is InChI=1S/C25H43NO7S/c1-2-3-4-5-6-7-8-9-10-11-12-13-14-15-19-32-21-24(27)22-33-34(30,31)25-18-16-17-23(20-25)26(28)29/h16-18,20,24,27H,2-15,19,21-22H2,1H3. The first-order valence-corrected chi connectivity index (χ1v) is 14.2. The maximum atomic E-state index is 12.1. The number of unbranched alkanes of at least 4 members (excludes halogenated alkanes) is 13. The molecule has 0 amide bonds. The van der Waals surface area contributed by atoms with Crippen molar-refractivity contribution in [3.8, 4) is 0 Å². The first-order chi connectivity index (χ1) is 16.4. The summed E-state index contributed by atoms with van der Waals surface area (Å²) >= 11 is 0. The van der Waals surface area contributed by atoms with Gasteiger partial charge in [0.05, 0.1) is 18.1 Å². The summed E-state index contributed by atoms with van der Waals surface area (Å²) in [6.45, 7) is 2.26. The van der Waals surface area contributed by atoms with E-state index in [9.17, 15) is 23.6 Å². The van der Waals surface area contributed by atoms with Crippen LogP contribution in [0, 0.1) is 10.1 Å². The number of non-ortho nitro benzene ring substituents is 1. The third-order valence-corrected chi connectivity index (χ3v) is 6.96. The molecule has 0 heterocycles. The van der Waals surface area contributed by atoms with E-state index in [-0.39, 0.29) is 17.2 Å². The van der Waals surface area contributed by atoms with Crippen molar-refractivity contribution in [2.24, 2.45) is 0 Å². The van der Waals surface area contributed by atoms with E-state index in [2.05, 4.69) is 6.92 Å². The summed E-state index contributed by atoms with van der Waals surface area (Å²) in [4.78, 5) is 9.78. The molecule has 1 aromatic carbocycles. The molecule has 0 bridgehead atoms. The lowest BCUT2D eigenvalue weighted by Gasteiger charge is -2.12. The van der Waals surface area contributed by atoms with Crippen molar-refractivity contribution in [2.75, 3.05) is 19.8 Å². The van der Waals surface area contributed by atoms with E-state index in [1.54, 1.807) is 0 Å². The van der Waals surface area contributed by atoms with Crippen molar-refractivity contribution in [2.45, 2.75) is 108 Å². The van der Waals surface area contributed by atoms with E-state index in [4.69, 9.17) is 8.92 Å². The fourth-order valence-corrected chi connectivity index (χ4v) is 4.64. The topological polar surface area (TPSA) is 116 Å². The van der Waals surface area contributed by atoms with Gasteiger partial charge in [-0.3, -0.25) is 14.3 Å². The smallest absolute Gasteiger partial charge is 0.297 e. The first kappa shape index (κ1) is 30.5. The maximum absolute atomic E-state index is 12.1. The second kappa shape index (κ2) is 18.7. The summed E-state index contributed by atoms with van der Waals surface area (Å²) in [5.74, 6) is 0. The Morgan fingerprint density at radius 3 is 1.94 bits per heavy atom. The Bertz CT molecular complexity index is 770. The molecule has 0 aliphatic rings. The lowest BCUT2D eigenvalue weighted by atomic mass is 10.0. The molecular formula is C25H43NO7S. The van der Waals surface area contributed by atoms with Crippen LogP contribution < -0.4 is 0 Å². The van der Waals surface area contributed by atoms with Crippen molar-refractivity contribution in [1.82, 2.24) is 0 Å². The molecule has 0 saturated heterocycles. The molecule has 1 unspecified atom stereocenters. The lowest BCUT2D eigenvalue weighted by Crippen LogP contribution is -2.24. The van der Waals surface area contributed by atoms with Gasteiger partial charge in [-0.2, -0.15) is 8.42 Å². The van der Waals surface area contributed by atoms with Crippen LogP contribution in [-0.2, 0) is 19.0 Å². The van der Waals surface area contributed by atoms with Gasteiger partial charge < -0.3 is 9.84 Å². The molecule has 1 rings (SSSR count). The highest BCUT2D eigenvalue weighted by Crippen LogP contribution is 2.19. The summed E-state index contributed by atoms with van der Waals surface area (Å²) in [5, 5.41) is 20.7. The zero-order valence-corrected chi connectivity index (χ0v) is 21.5. The van der Waals surface area contributed by atoms with E-state index in [0.29, 0.717) is 6.61 Å². The number of nitro benzene ring substituents is 1. The predicted octanol–water partition coefficient (Wildman–Crippen LogP) is 6.16. The van der Waals surface area contributed by atoms with Crippen molar-refractivity contribution < 1.29 is 27.4 Å². The molecule has 8 nitrogen and oxygen atoms in total. The van der Waals surface area contributed by atoms with Gasteiger partial charge in [-0.1, -0.05) is 96.5 Å². The van der Waals surface area contributed by atoms with Crippen LogP contribution in [0.25, 0.3) is 0 Å². The van der Waals surface area contributed by atoms with Crippen molar-refractivity contribution in [3.05, 3.63) is 34.4 Å². The van der Waals surface area contributed by atoms with Crippen LogP contribution in [-0.4, -0.2) is 44.4 Å². The minimum Gasteiger partial charge on any atom is -0.388 e. The number of hydrogen-bond acceptors (Lipinski definition) is 7. The second-order valence-corrected chi connectivity index (χ2v) is 10.4. The fourth-order valence-electron chi connectivity index (χ4n) is 3.65. The summed E-state index contributed by atoms with van der Waals surface area (Å²) < 4.78 is 34.5. The SMILES string of the molecule is CCCCCCCCCCCCCCCCOCC(O)COS(=O)(=O)c1cccc([N+](=O)[O-])c1. The van der Waals surface area contributed by atoms with Crippen LogP contribution in [0.1, 0.15) is 96.8 Å². The quantitative estimate of drug-likeness (QED) is 0.0875. The van der Waals surface area contributed by atoms with Gasteiger partial charge in [-0.15, -0.1) is 0 Å².